The van der Waals surface area contributed by atoms with Gasteiger partial charge in [-0.25, -0.2) is 4.98 Å². The SMILES string of the molecule is CC(C)CC(Cc1ccnc(Cl)c1)C(=O)O. The fourth-order valence-electron chi connectivity index (χ4n) is 1.69. The summed E-state index contributed by atoms with van der Waals surface area (Å²) in [6.07, 6.45) is 2.79. The van der Waals surface area contributed by atoms with Crippen LogP contribution in [0.15, 0.2) is 18.3 Å². The summed E-state index contributed by atoms with van der Waals surface area (Å²) < 4.78 is 0. The molecule has 1 N–H and O–H groups in total. The molecule has 0 saturated heterocycles. The number of aromatic nitrogens is 1. The lowest BCUT2D eigenvalue weighted by molar-refractivity contribution is -0.142. The second kappa shape index (κ2) is 5.85. The summed E-state index contributed by atoms with van der Waals surface area (Å²) in [6.45, 7) is 4.05. The molecule has 0 radical (unpaired) electrons. The molecule has 0 aliphatic carbocycles. The highest BCUT2D eigenvalue weighted by atomic mass is 35.5. The molecule has 1 unspecified atom stereocenters. The Kier molecular flexibility index (Phi) is 4.74. The molecule has 3 nitrogen and oxygen atoms in total. The van der Waals surface area contributed by atoms with Gasteiger partial charge in [-0.1, -0.05) is 25.4 Å². The Morgan fingerprint density at radius 1 is 1.56 bits per heavy atom. The van der Waals surface area contributed by atoms with Gasteiger partial charge in [0.2, 0.25) is 0 Å². The van der Waals surface area contributed by atoms with Crippen molar-refractivity contribution in [1.29, 1.82) is 0 Å². The molecule has 0 aliphatic heterocycles. The summed E-state index contributed by atoms with van der Waals surface area (Å²) in [4.78, 5) is 14.9. The van der Waals surface area contributed by atoms with Crippen LogP contribution in [-0.4, -0.2) is 16.1 Å². The number of nitrogens with zero attached hydrogens (tertiary/aromatic N) is 1. The highest BCUT2D eigenvalue weighted by Gasteiger charge is 2.19. The van der Waals surface area contributed by atoms with Gasteiger partial charge >= 0.3 is 5.97 Å². The fraction of sp³-hybridized carbons (Fsp3) is 0.500. The first-order valence-electron chi connectivity index (χ1n) is 5.32. The number of hydrogen-bond donors (Lipinski definition) is 1. The third kappa shape index (κ3) is 4.19. The van der Waals surface area contributed by atoms with Crippen LogP contribution in [0, 0.1) is 11.8 Å². The molecule has 0 aromatic carbocycles. The van der Waals surface area contributed by atoms with Gasteiger partial charge in [0.1, 0.15) is 5.15 Å². The molecular formula is C12H16ClNO2. The number of carbonyl (C=O) groups is 1. The van der Waals surface area contributed by atoms with E-state index in [-0.39, 0.29) is 5.92 Å². The smallest absolute Gasteiger partial charge is 0.306 e. The van der Waals surface area contributed by atoms with E-state index in [1.807, 2.05) is 19.9 Å². The predicted molar refractivity (Wildman–Crippen MR) is 63.5 cm³/mol. The predicted octanol–water partition coefficient (Wildman–Crippen LogP) is 3.02. The van der Waals surface area contributed by atoms with Gasteiger partial charge < -0.3 is 5.11 Å². The summed E-state index contributed by atoms with van der Waals surface area (Å²) in [6, 6.07) is 3.53. The van der Waals surface area contributed by atoms with E-state index < -0.39 is 5.97 Å². The first-order chi connectivity index (χ1) is 7.49. The summed E-state index contributed by atoms with van der Waals surface area (Å²) in [5, 5.41) is 9.51. The van der Waals surface area contributed by atoms with Crippen molar-refractivity contribution in [3.8, 4) is 0 Å². The normalized spacial score (nSPS) is 12.8. The molecule has 4 heteroatoms. The minimum absolute atomic E-state index is 0.349. The molecule has 0 amide bonds. The lowest BCUT2D eigenvalue weighted by atomic mass is 9.91. The first-order valence-corrected chi connectivity index (χ1v) is 5.70. The zero-order valence-corrected chi connectivity index (χ0v) is 10.2. The summed E-state index contributed by atoms with van der Waals surface area (Å²) >= 11 is 5.76. The van der Waals surface area contributed by atoms with E-state index >= 15 is 0 Å². The number of aliphatic carboxylic acids is 1. The average Bonchev–Trinajstić information content (AvgIpc) is 2.15. The molecule has 1 atom stereocenters. The second-order valence-electron chi connectivity index (χ2n) is 4.36. The Balaban J connectivity index is 2.71. The number of halogens is 1. The Morgan fingerprint density at radius 2 is 2.25 bits per heavy atom. The van der Waals surface area contributed by atoms with E-state index in [9.17, 15) is 4.79 Å². The van der Waals surface area contributed by atoms with Gasteiger partial charge in [-0.15, -0.1) is 0 Å². The van der Waals surface area contributed by atoms with Crippen molar-refractivity contribution in [2.75, 3.05) is 0 Å². The molecule has 0 bridgehead atoms. The van der Waals surface area contributed by atoms with Crippen molar-refractivity contribution < 1.29 is 9.90 Å². The highest BCUT2D eigenvalue weighted by molar-refractivity contribution is 6.29. The van der Waals surface area contributed by atoms with Crippen LogP contribution < -0.4 is 0 Å². The molecule has 1 heterocycles. The molecule has 1 aromatic rings. The van der Waals surface area contributed by atoms with E-state index in [0.717, 1.165) is 5.56 Å². The Hall–Kier alpha value is -1.09. The van der Waals surface area contributed by atoms with Gasteiger partial charge in [0.25, 0.3) is 0 Å². The van der Waals surface area contributed by atoms with Crippen LogP contribution in [0.1, 0.15) is 25.8 Å². The summed E-state index contributed by atoms with van der Waals surface area (Å²) in [5.74, 6) is -0.724. The third-order valence-corrected chi connectivity index (χ3v) is 2.58. The number of pyridine rings is 1. The van der Waals surface area contributed by atoms with E-state index in [1.54, 1.807) is 12.3 Å². The van der Waals surface area contributed by atoms with Gasteiger partial charge in [0.05, 0.1) is 5.92 Å². The number of carboxylic acids is 1. The van der Waals surface area contributed by atoms with Crippen molar-refractivity contribution in [3.05, 3.63) is 29.0 Å². The van der Waals surface area contributed by atoms with Crippen molar-refractivity contribution in [2.45, 2.75) is 26.7 Å². The van der Waals surface area contributed by atoms with Crippen LogP contribution in [0.5, 0.6) is 0 Å². The molecule has 0 aliphatic rings. The largest absolute Gasteiger partial charge is 0.481 e. The van der Waals surface area contributed by atoms with Crippen molar-refractivity contribution in [1.82, 2.24) is 4.98 Å². The molecule has 0 saturated carbocycles. The molecule has 16 heavy (non-hydrogen) atoms. The van der Waals surface area contributed by atoms with Crippen molar-refractivity contribution >= 4 is 17.6 Å². The van der Waals surface area contributed by atoms with E-state index in [4.69, 9.17) is 16.7 Å². The summed E-state index contributed by atoms with van der Waals surface area (Å²) in [5.41, 5.74) is 0.924. The number of hydrogen-bond acceptors (Lipinski definition) is 2. The van der Waals surface area contributed by atoms with E-state index in [1.165, 1.54) is 0 Å². The zero-order valence-electron chi connectivity index (χ0n) is 9.48. The fourth-order valence-corrected chi connectivity index (χ4v) is 1.89. The van der Waals surface area contributed by atoms with E-state index in [2.05, 4.69) is 4.98 Å². The lowest BCUT2D eigenvalue weighted by Crippen LogP contribution is -2.18. The van der Waals surface area contributed by atoms with Crippen molar-refractivity contribution in [2.24, 2.45) is 11.8 Å². The maximum atomic E-state index is 11.1. The van der Waals surface area contributed by atoms with Crippen LogP contribution in [-0.2, 0) is 11.2 Å². The topological polar surface area (TPSA) is 50.2 Å². The molecular weight excluding hydrogens is 226 g/mol. The Bertz CT molecular complexity index is 366. The standard InChI is InChI=1S/C12H16ClNO2/c1-8(2)5-10(12(15)16)6-9-3-4-14-11(13)7-9/h3-4,7-8,10H,5-6H2,1-2H3,(H,15,16). The van der Waals surface area contributed by atoms with Crippen molar-refractivity contribution in [3.63, 3.8) is 0 Å². The number of rotatable bonds is 5. The molecule has 0 spiro atoms. The Labute approximate surface area is 100 Å². The maximum Gasteiger partial charge on any atom is 0.306 e. The minimum Gasteiger partial charge on any atom is -0.481 e. The van der Waals surface area contributed by atoms with Gasteiger partial charge in [-0.2, -0.15) is 0 Å². The second-order valence-corrected chi connectivity index (χ2v) is 4.74. The molecule has 1 rings (SSSR count). The highest BCUT2D eigenvalue weighted by Crippen LogP contribution is 2.18. The minimum atomic E-state index is -0.748. The molecule has 1 aromatic heterocycles. The zero-order chi connectivity index (χ0) is 12.1. The lowest BCUT2D eigenvalue weighted by Gasteiger charge is -2.14. The molecule has 88 valence electrons. The van der Waals surface area contributed by atoms with Crippen LogP contribution >= 0.6 is 11.6 Å². The van der Waals surface area contributed by atoms with Crippen LogP contribution in [0.3, 0.4) is 0 Å². The molecule has 0 fully saturated rings. The monoisotopic (exact) mass is 241 g/mol. The van der Waals surface area contributed by atoms with Gasteiger partial charge in [0.15, 0.2) is 0 Å². The summed E-state index contributed by atoms with van der Waals surface area (Å²) in [7, 11) is 0. The first kappa shape index (κ1) is 13.0. The number of carboxylic acid groups (broad SMARTS) is 1. The van der Waals surface area contributed by atoms with Crippen LogP contribution in [0.2, 0.25) is 5.15 Å². The van der Waals surface area contributed by atoms with Crippen LogP contribution in [0.4, 0.5) is 0 Å². The van der Waals surface area contributed by atoms with Gasteiger partial charge in [0, 0.05) is 6.20 Å². The Morgan fingerprint density at radius 3 is 2.75 bits per heavy atom. The van der Waals surface area contributed by atoms with E-state index in [0.29, 0.717) is 23.9 Å². The van der Waals surface area contributed by atoms with Gasteiger partial charge in [-0.3, -0.25) is 4.79 Å². The average molecular weight is 242 g/mol. The van der Waals surface area contributed by atoms with Gasteiger partial charge in [-0.05, 0) is 36.5 Å². The maximum absolute atomic E-state index is 11.1. The quantitative estimate of drug-likeness (QED) is 0.807. The van der Waals surface area contributed by atoms with Crippen LogP contribution in [0.25, 0.3) is 0 Å². The third-order valence-electron chi connectivity index (χ3n) is 2.38.